The molecule has 1 N–H and O–H groups in total. The zero-order valence-electron chi connectivity index (χ0n) is 14.7. The van der Waals surface area contributed by atoms with Crippen molar-refractivity contribution in [2.24, 2.45) is 7.05 Å². The molecule has 2 heterocycles. The van der Waals surface area contributed by atoms with Gasteiger partial charge in [0.25, 0.3) is 0 Å². The molecule has 0 aliphatic heterocycles. The molecule has 1 amide bonds. The van der Waals surface area contributed by atoms with E-state index in [1.165, 1.54) is 29.3 Å². The number of carbonyl (C=O) groups is 1. The highest BCUT2D eigenvalue weighted by atomic mass is 32.2. The highest BCUT2D eigenvalue weighted by Gasteiger charge is 2.21. The van der Waals surface area contributed by atoms with Gasteiger partial charge >= 0.3 is 0 Å². The summed E-state index contributed by atoms with van der Waals surface area (Å²) in [6.07, 6.45) is 5.03. The van der Waals surface area contributed by atoms with E-state index in [2.05, 4.69) is 27.6 Å². The molecule has 26 heavy (non-hydrogen) atoms. The number of amides is 1. The third-order valence-corrected chi connectivity index (χ3v) is 5.73. The monoisotopic (exact) mass is 368 g/mol. The van der Waals surface area contributed by atoms with Crippen molar-refractivity contribution in [3.63, 3.8) is 0 Å². The largest absolute Gasteiger partial charge is 0.461 e. The molecule has 0 radical (unpaired) electrons. The molecule has 1 aliphatic rings. The number of nitrogens with one attached hydrogen (secondary N) is 1. The molecule has 0 saturated heterocycles. The van der Waals surface area contributed by atoms with Crippen molar-refractivity contribution in [2.45, 2.75) is 36.6 Å². The van der Waals surface area contributed by atoms with Gasteiger partial charge in [0.2, 0.25) is 5.91 Å². The molecule has 2 aromatic heterocycles. The lowest BCUT2D eigenvalue weighted by Gasteiger charge is -2.12. The molecule has 0 fully saturated rings. The Kier molecular flexibility index (Phi) is 4.55. The Bertz CT molecular complexity index is 933. The molecule has 1 unspecified atom stereocenters. The number of fused-ring (bicyclic) bond motifs is 1. The molecule has 7 heteroatoms. The molecule has 1 aromatic carbocycles. The zero-order chi connectivity index (χ0) is 18.1. The summed E-state index contributed by atoms with van der Waals surface area (Å²) in [5.74, 6) is 1.25. The van der Waals surface area contributed by atoms with Gasteiger partial charge in [-0.15, -0.1) is 10.2 Å². The van der Waals surface area contributed by atoms with Crippen molar-refractivity contribution in [1.29, 1.82) is 0 Å². The normalized spacial score (nSPS) is 14.2. The van der Waals surface area contributed by atoms with Gasteiger partial charge in [-0.1, -0.05) is 17.8 Å². The summed E-state index contributed by atoms with van der Waals surface area (Å²) in [7, 11) is 1.87. The van der Waals surface area contributed by atoms with E-state index < -0.39 is 0 Å². The number of aromatic nitrogens is 3. The molecule has 1 aliphatic carbocycles. The Morgan fingerprint density at radius 3 is 2.92 bits per heavy atom. The van der Waals surface area contributed by atoms with Gasteiger partial charge in [-0.2, -0.15) is 0 Å². The maximum Gasteiger partial charge on any atom is 0.237 e. The number of hydrogen-bond donors (Lipinski definition) is 1. The fraction of sp³-hybridized carbons (Fsp3) is 0.316. The average molecular weight is 368 g/mol. The van der Waals surface area contributed by atoms with Crippen LogP contribution in [0.5, 0.6) is 0 Å². The fourth-order valence-corrected chi connectivity index (χ4v) is 3.96. The summed E-state index contributed by atoms with van der Waals surface area (Å²) in [5.41, 5.74) is 3.60. The maximum atomic E-state index is 12.6. The van der Waals surface area contributed by atoms with Gasteiger partial charge in [-0.25, -0.2) is 0 Å². The van der Waals surface area contributed by atoms with E-state index in [9.17, 15) is 4.79 Å². The summed E-state index contributed by atoms with van der Waals surface area (Å²) in [6, 6.07) is 9.84. The average Bonchev–Trinajstić information content (AvgIpc) is 3.36. The molecule has 1 atom stereocenters. The molecular formula is C19H20N4O2S. The molecule has 0 saturated carbocycles. The quantitative estimate of drug-likeness (QED) is 0.696. The van der Waals surface area contributed by atoms with Crippen molar-refractivity contribution in [3.8, 4) is 11.6 Å². The van der Waals surface area contributed by atoms with Crippen LogP contribution in [0.4, 0.5) is 5.69 Å². The molecule has 134 valence electrons. The second-order valence-electron chi connectivity index (χ2n) is 6.43. The van der Waals surface area contributed by atoms with E-state index in [-0.39, 0.29) is 11.2 Å². The van der Waals surface area contributed by atoms with Crippen molar-refractivity contribution in [2.75, 3.05) is 5.32 Å². The Morgan fingerprint density at radius 1 is 1.27 bits per heavy atom. The maximum absolute atomic E-state index is 12.6. The number of nitrogens with zero attached hydrogens (tertiary/aromatic N) is 3. The minimum Gasteiger partial charge on any atom is -0.461 e. The lowest BCUT2D eigenvalue weighted by molar-refractivity contribution is -0.115. The first-order chi connectivity index (χ1) is 12.6. The Hall–Kier alpha value is -2.54. The zero-order valence-corrected chi connectivity index (χ0v) is 15.5. The van der Waals surface area contributed by atoms with Gasteiger partial charge in [-0.05, 0) is 61.6 Å². The summed E-state index contributed by atoms with van der Waals surface area (Å²) in [6.45, 7) is 1.87. The third kappa shape index (κ3) is 3.26. The van der Waals surface area contributed by atoms with Crippen molar-refractivity contribution in [1.82, 2.24) is 14.8 Å². The van der Waals surface area contributed by atoms with Crippen LogP contribution in [-0.2, 0) is 24.7 Å². The molecule has 4 rings (SSSR count). The van der Waals surface area contributed by atoms with Gasteiger partial charge in [0.05, 0.1) is 11.5 Å². The third-order valence-electron chi connectivity index (χ3n) is 4.59. The molecular weight excluding hydrogens is 348 g/mol. The van der Waals surface area contributed by atoms with Crippen LogP contribution in [0.1, 0.15) is 24.5 Å². The number of furan rings is 1. The minimum atomic E-state index is -0.296. The van der Waals surface area contributed by atoms with Crippen LogP contribution >= 0.6 is 11.8 Å². The predicted molar refractivity (Wildman–Crippen MR) is 101 cm³/mol. The summed E-state index contributed by atoms with van der Waals surface area (Å²) in [4.78, 5) is 12.6. The van der Waals surface area contributed by atoms with E-state index in [0.717, 1.165) is 18.5 Å². The Labute approximate surface area is 156 Å². The van der Waals surface area contributed by atoms with E-state index >= 15 is 0 Å². The van der Waals surface area contributed by atoms with Crippen molar-refractivity contribution in [3.05, 3.63) is 47.7 Å². The molecule has 6 nitrogen and oxygen atoms in total. The van der Waals surface area contributed by atoms with Gasteiger partial charge in [0, 0.05) is 12.7 Å². The first-order valence-electron chi connectivity index (χ1n) is 8.64. The van der Waals surface area contributed by atoms with Gasteiger partial charge in [0.15, 0.2) is 16.7 Å². The van der Waals surface area contributed by atoms with Crippen LogP contribution in [0, 0.1) is 0 Å². The number of carbonyl (C=O) groups excluding carboxylic acids is 1. The van der Waals surface area contributed by atoms with E-state index in [1.807, 2.05) is 36.7 Å². The molecule has 0 bridgehead atoms. The fourth-order valence-electron chi connectivity index (χ4n) is 3.14. The number of aryl methyl sites for hydroxylation is 2. The summed E-state index contributed by atoms with van der Waals surface area (Å²) >= 11 is 1.38. The predicted octanol–water partition coefficient (Wildman–Crippen LogP) is 3.68. The highest BCUT2D eigenvalue weighted by molar-refractivity contribution is 8.00. The van der Waals surface area contributed by atoms with Crippen LogP contribution in [0.2, 0.25) is 0 Å². The number of anilines is 1. The first-order valence-corrected chi connectivity index (χ1v) is 9.52. The van der Waals surface area contributed by atoms with E-state index in [1.54, 1.807) is 6.26 Å². The SMILES string of the molecule is CC(Sc1nnc(-c2ccco2)n1C)C(=O)Nc1ccc2c(c1)CCC2. The van der Waals surface area contributed by atoms with Crippen LogP contribution in [0.15, 0.2) is 46.2 Å². The van der Waals surface area contributed by atoms with Crippen molar-refractivity contribution < 1.29 is 9.21 Å². The Morgan fingerprint density at radius 2 is 2.12 bits per heavy atom. The van der Waals surface area contributed by atoms with Crippen molar-refractivity contribution >= 4 is 23.4 Å². The van der Waals surface area contributed by atoms with E-state index in [0.29, 0.717) is 16.7 Å². The van der Waals surface area contributed by atoms with Crippen LogP contribution in [0.3, 0.4) is 0 Å². The van der Waals surface area contributed by atoms with E-state index in [4.69, 9.17) is 4.42 Å². The smallest absolute Gasteiger partial charge is 0.237 e. The first kappa shape index (κ1) is 16.9. The second-order valence-corrected chi connectivity index (χ2v) is 7.74. The molecule has 0 spiro atoms. The topological polar surface area (TPSA) is 73.0 Å². The number of hydrogen-bond acceptors (Lipinski definition) is 5. The van der Waals surface area contributed by atoms with Crippen LogP contribution in [0.25, 0.3) is 11.6 Å². The second kappa shape index (κ2) is 6.99. The minimum absolute atomic E-state index is 0.0458. The summed E-state index contributed by atoms with van der Waals surface area (Å²) in [5, 5.41) is 11.7. The van der Waals surface area contributed by atoms with Gasteiger partial charge in [-0.3, -0.25) is 4.79 Å². The van der Waals surface area contributed by atoms with Crippen LogP contribution in [-0.4, -0.2) is 25.9 Å². The Balaban J connectivity index is 1.43. The molecule has 3 aromatic rings. The standard InChI is InChI=1S/C19H20N4O2S/c1-12(18(24)20-15-9-8-13-5-3-6-14(13)11-15)26-19-22-21-17(23(19)2)16-7-4-10-25-16/h4,7-12H,3,5-6H2,1-2H3,(H,20,24). The lowest BCUT2D eigenvalue weighted by Crippen LogP contribution is -2.23. The van der Waals surface area contributed by atoms with Crippen LogP contribution < -0.4 is 5.32 Å². The number of thioether (sulfide) groups is 1. The number of rotatable bonds is 5. The van der Waals surface area contributed by atoms with Gasteiger partial charge in [0.1, 0.15) is 0 Å². The summed E-state index contributed by atoms with van der Waals surface area (Å²) < 4.78 is 7.21. The number of benzene rings is 1. The van der Waals surface area contributed by atoms with Gasteiger partial charge < -0.3 is 14.3 Å². The lowest BCUT2D eigenvalue weighted by atomic mass is 10.1. The highest BCUT2D eigenvalue weighted by Crippen LogP contribution is 2.28.